The van der Waals surface area contributed by atoms with Crippen molar-refractivity contribution in [3.8, 4) is 11.4 Å². The van der Waals surface area contributed by atoms with Crippen molar-refractivity contribution in [3.63, 3.8) is 0 Å². The van der Waals surface area contributed by atoms with E-state index in [0.717, 1.165) is 0 Å². The number of carbonyl (C=O) groups is 1. The standard InChI is InChI=1S/C11H7F2N3O4/c12-10(13)8(17)5-9-14-11(15-20-9)6-3-1-2-4-7(6)16(18)19/h1-4,10H,5H2. The predicted octanol–water partition coefficient (Wildman–Crippen LogP) is 2.02. The van der Waals surface area contributed by atoms with Gasteiger partial charge in [0.2, 0.25) is 17.5 Å². The van der Waals surface area contributed by atoms with Gasteiger partial charge in [-0.05, 0) is 6.07 Å². The Bertz CT molecular complexity index is 657. The Balaban J connectivity index is 2.30. The zero-order valence-electron chi connectivity index (χ0n) is 9.82. The number of alkyl halides is 2. The number of hydrogen-bond acceptors (Lipinski definition) is 6. The average Bonchev–Trinajstić information content (AvgIpc) is 2.87. The minimum absolute atomic E-state index is 0.0806. The van der Waals surface area contributed by atoms with Crippen molar-refractivity contribution in [2.45, 2.75) is 12.8 Å². The summed E-state index contributed by atoms with van der Waals surface area (Å²) in [5.74, 6) is -1.81. The van der Waals surface area contributed by atoms with Crippen LogP contribution >= 0.6 is 0 Å². The summed E-state index contributed by atoms with van der Waals surface area (Å²) in [6.45, 7) is 0. The molecule has 9 heteroatoms. The molecule has 0 radical (unpaired) electrons. The van der Waals surface area contributed by atoms with Crippen LogP contribution in [0.15, 0.2) is 28.8 Å². The van der Waals surface area contributed by atoms with Gasteiger partial charge >= 0.3 is 0 Å². The summed E-state index contributed by atoms with van der Waals surface area (Å²) in [7, 11) is 0. The van der Waals surface area contributed by atoms with Crippen LogP contribution in [0.5, 0.6) is 0 Å². The third kappa shape index (κ3) is 2.82. The van der Waals surface area contributed by atoms with Gasteiger partial charge in [-0.25, -0.2) is 8.78 Å². The first kappa shape index (κ1) is 13.7. The van der Waals surface area contributed by atoms with Crippen LogP contribution in [0.2, 0.25) is 0 Å². The molecule has 0 unspecified atom stereocenters. The van der Waals surface area contributed by atoms with Gasteiger partial charge < -0.3 is 4.52 Å². The smallest absolute Gasteiger partial charge is 0.296 e. The number of carbonyl (C=O) groups excluding carboxylic acids is 1. The van der Waals surface area contributed by atoms with Crippen molar-refractivity contribution in [3.05, 3.63) is 40.3 Å². The lowest BCUT2D eigenvalue weighted by Gasteiger charge is -1.96. The number of para-hydroxylation sites is 1. The number of halogens is 2. The zero-order valence-corrected chi connectivity index (χ0v) is 9.82. The molecular formula is C11H7F2N3O4. The molecule has 1 heterocycles. The molecule has 0 spiro atoms. The Morgan fingerprint density at radius 2 is 2.10 bits per heavy atom. The molecule has 0 aliphatic carbocycles. The van der Waals surface area contributed by atoms with Crippen molar-refractivity contribution in [2.24, 2.45) is 0 Å². The molecule has 7 nitrogen and oxygen atoms in total. The summed E-state index contributed by atoms with van der Waals surface area (Å²) in [5, 5.41) is 14.3. The Kier molecular flexibility index (Phi) is 3.78. The highest BCUT2D eigenvalue weighted by Gasteiger charge is 2.22. The molecule has 20 heavy (non-hydrogen) atoms. The maximum Gasteiger partial charge on any atom is 0.296 e. The Morgan fingerprint density at radius 1 is 1.40 bits per heavy atom. The number of benzene rings is 1. The predicted molar refractivity (Wildman–Crippen MR) is 61.1 cm³/mol. The molecule has 0 aliphatic heterocycles. The molecule has 1 aromatic carbocycles. The summed E-state index contributed by atoms with van der Waals surface area (Å²) in [4.78, 5) is 24.8. The van der Waals surface area contributed by atoms with Crippen molar-refractivity contribution in [1.82, 2.24) is 10.1 Å². The van der Waals surface area contributed by atoms with Crippen molar-refractivity contribution < 1.29 is 23.0 Å². The van der Waals surface area contributed by atoms with Crippen LogP contribution in [0.25, 0.3) is 11.4 Å². The lowest BCUT2D eigenvalue weighted by Crippen LogP contribution is -2.12. The third-order valence-corrected chi connectivity index (χ3v) is 2.38. The second-order valence-electron chi connectivity index (χ2n) is 3.73. The van der Waals surface area contributed by atoms with E-state index in [1.165, 1.54) is 24.3 Å². The first-order valence-electron chi connectivity index (χ1n) is 5.36. The summed E-state index contributed by atoms with van der Waals surface area (Å²) >= 11 is 0. The molecular weight excluding hydrogens is 276 g/mol. The van der Waals surface area contributed by atoms with Crippen LogP contribution in [0.3, 0.4) is 0 Å². The van der Waals surface area contributed by atoms with Gasteiger partial charge in [0.1, 0.15) is 5.56 Å². The summed E-state index contributed by atoms with van der Waals surface area (Å²) in [6.07, 6.45) is -3.85. The van der Waals surface area contributed by atoms with E-state index in [2.05, 4.69) is 14.7 Å². The van der Waals surface area contributed by atoms with Crippen LogP contribution < -0.4 is 0 Å². The van der Waals surface area contributed by atoms with E-state index in [4.69, 9.17) is 0 Å². The monoisotopic (exact) mass is 283 g/mol. The number of nitro groups is 1. The summed E-state index contributed by atoms with van der Waals surface area (Å²) in [6, 6.07) is 5.63. The molecule has 0 N–H and O–H groups in total. The number of ketones is 1. The van der Waals surface area contributed by atoms with Crippen molar-refractivity contribution >= 4 is 11.5 Å². The molecule has 0 saturated carbocycles. The highest BCUT2D eigenvalue weighted by Crippen LogP contribution is 2.27. The maximum atomic E-state index is 12.1. The normalized spacial score (nSPS) is 10.8. The van der Waals surface area contributed by atoms with E-state index in [0.29, 0.717) is 0 Å². The largest absolute Gasteiger partial charge is 0.338 e. The number of rotatable bonds is 5. The minimum atomic E-state index is -3.13. The quantitative estimate of drug-likeness (QED) is 0.614. The van der Waals surface area contributed by atoms with Gasteiger partial charge in [-0.2, -0.15) is 4.98 Å². The highest BCUT2D eigenvalue weighted by atomic mass is 19.3. The van der Waals surface area contributed by atoms with Gasteiger partial charge in [-0.1, -0.05) is 17.3 Å². The molecule has 0 bridgehead atoms. The SMILES string of the molecule is O=C(Cc1nc(-c2ccccc2[N+](=O)[O-])no1)C(F)F. The van der Waals surface area contributed by atoms with Gasteiger partial charge in [0, 0.05) is 6.07 Å². The fraction of sp³-hybridized carbons (Fsp3) is 0.182. The first-order chi connectivity index (χ1) is 9.49. The number of nitro benzene ring substituents is 1. The van der Waals surface area contributed by atoms with Gasteiger partial charge in [0.05, 0.1) is 11.3 Å². The summed E-state index contributed by atoms with van der Waals surface area (Å²) in [5.41, 5.74) is -0.169. The van der Waals surface area contributed by atoms with Crippen LogP contribution in [0.1, 0.15) is 5.89 Å². The van der Waals surface area contributed by atoms with Gasteiger partial charge in [-0.3, -0.25) is 14.9 Å². The molecule has 2 aromatic rings. The van der Waals surface area contributed by atoms with Crippen molar-refractivity contribution in [2.75, 3.05) is 0 Å². The van der Waals surface area contributed by atoms with Gasteiger partial charge in [0.25, 0.3) is 12.1 Å². The lowest BCUT2D eigenvalue weighted by atomic mass is 10.2. The first-order valence-corrected chi connectivity index (χ1v) is 5.36. The summed E-state index contributed by atoms with van der Waals surface area (Å²) < 4.78 is 28.8. The van der Waals surface area contributed by atoms with Gasteiger partial charge in [0.15, 0.2) is 0 Å². The molecule has 2 rings (SSSR count). The van der Waals surface area contributed by atoms with E-state index in [9.17, 15) is 23.7 Å². The molecule has 104 valence electrons. The Hall–Kier alpha value is -2.71. The van der Waals surface area contributed by atoms with Crippen LogP contribution in [0.4, 0.5) is 14.5 Å². The number of Topliss-reactive ketones (excluding diaryl/α,β-unsaturated/α-hetero) is 1. The second kappa shape index (κ2) is 5.51. The topological polar surface area (TPSA) is 99.1 Å². The van der Waals surface area contributed by atoms with Crippen LogP contribution in [-0.2, 0) is 11.2 Å². The van der Waals surface area contributed by atoms with Crippen LogP contribution in [-0.4, -0.2) is 27.3 Å². The van der Waals surface area contributed by atoms with Crippen LogP contribution in [0, 0.1) is 10.1 Å². The number of hydrogen-bond donors (Lipinski definition) is 0. The third-order valence-electron chi connectivity index (χ3n) is 2.38. The molecule has 0 amide bonds. The molecule has 0 atom stereocenters. The van der Waals surface area contributed by atoms with Crippen molar-refractivity contribution in [1.29, 1.82) is 0 Å². The number of aromatic nitrogens is 2. The average molecular weight is 283 g/mol. The fourth-order valence-electron chi connectivity index (χ4n) is 1.48. The molecule has 1 aromatic heterocycles. The number of nitrogens with zero attached hydrogens (tertiary/aromatic N) is 3. The van der Waals surface area contributed by atoms with E-state index in [1.807, 2.05) is 0 Å². The maximum absolute atomic E-state index is 12.1. The molecule has 0 saturated heterocycles. The van der Waals surface area contributed by atoms with E-state index in [-0.39, 0.29) is 23.0 Å². The van der Waals surface area contributed by atoms with E-state index >= 15 is 0 Å². The van der Waals surface area contributed by atoms with Gasteiger partial charge in [-0.15, -0.1) is 0 Å². The zero-order chi connectivity index (χ0) is 14.7. The highest BCUT2D eigenvalue weighted by molar-refractivity contribution is 5.83. The second-order valence-corrected chi connectivity index (χ2v) is 3.73. The fourth-order valence-corrected chi connectivity index (χ4v) is 1.48. The Morgan fingerprint density at radius 3 is 2.75 bits per heavy atom. The van der Waals surface area contributed by atoms with E-state index < -0.39 is 23.6 Å². The minimum Gasteiger partial charge on any atom is -0.338 e. The molecule has 0 fully saturated rings. The Labute approximate surface area is 110 Å². The lowest BCUT2D eigenvalue weighted by molar-refractivity contribution is -0.384. The molecule has 0 aliphatic rings. The van der Waals surface area contributed by atoms with E-state index in [1.54, 1.807) is 0 Å².